The molecule has 0 saturated carbocycles. The summed E-state index contributed by atoms with van der Waals surface area (Å²) in [6, 6.07) is 3.01. The number of hydrogen-bond donors (Lipinski definition) is 6. The molecule has 0 saturated heterocycles. The molecular weight excluding hydrogens is 328 g/mol. The summed E-state index contributed by atoms with van der Waals surface area (Å²) >= 11 is 0. The quantitative estimate of drug-likeness (QED) is 0.261. The van der Waals surface area contributed by atoms with Gasteiger partial charge >= 0.3 is 11.9 Å². The number of benzene rings is 2. The number of hydrogen-bond acceptors (Lipinski definition) is 10. The Hall–Kier alpha value is -3.82. The van der Waals surface area contributed by atoms with Gasteiger partial charge in [-0.3, -0.25) is 0 Å². The van der Waals surface area contributed by atoms with Gasteiger partial charge in [0.25, 0.3) is 0 Å². The lowest BCUT2D eigenvalue weighted by molar-refractivity contribution is -0.187. The third kappa shape index (κ3) is 3.16. The highest BCUT2D eigenvalue weighted by Crippen LogP contribution is 2.36. The van der Waals surface area contributed by atoms with Crippen molar-refractivity contribution in [2.75, 3.05) is 0 Å². The van der Waals surface area contributed by atoms with Gasteiger partial charge in [0.15, 0.2) is 34.5 Å². The predicted octanol–water partition coefficient (Wildman–Crippen LogP) is 0.849. The molecule has 24 heavy (non-hydrogen) atoms. The molecule has 0 atom stereocenters. The Morgan fingerprint density at radius 2 is 0.833 bits per heavy atom. The zero-order valence-corrected chi connectivity index (χ0v) is 11.6. The second kappa shape index (κ2) is 6.12. The molecule has 2 aromatic rings. The molecule has 10 heteroatoms. The minimum Gasteiger partial charge on any atom is -0.504 e. The van der Waals surface area contributed by atoms with E-state index in [0.717, 1.165) is 24.3 Å². The zero-order valence-electron chi connectivity index (χ0n) is 11.6. The minimum atomic E-state index is -1.29. The lowest BCUT2D eigenvalue weighted by Crippen LogP contribution is -2.11. The van der Waals surface area contributed by atoms with Gasteiger partial charge in [-0.05, 0) is 24.3 Å². The number of rotatable bonds is 2. The van der Waals surface area contributed by atoms with Crippen molar-refractivity contribution in [2.24, 2.45) is 0 Å². The zero-order chi connectivity index (χ0) is 18.0. The molecule has 0 bridgehead atoms. The van der Waals surface area contributed by atoms with E-state index < -0.39 is 57.6 Å². The molecule has 0 aliphatic heterocycles. The minimum absolute atomic E-state index is 0.438. The fourth-order valence-corrected chi connectivity index (χ4v) is 1.62. The van der Waals surface area contributed by atoms with E-state index in [4.69, 9.17) is 10.2 Å². The molecule has 0 fully saturated rings. The lowest BCUT2D eigenvalue weighted by atomic mass is 10.2. The highest BCUT2D eigenvalue weighted by Gasteiger charge is 2.20. The van der Waals surface area contributed by atoms with E-state index in [1.54, 1.807) is 0 Å². The highest BCUT2D eigenvalue weighted by atomic mass is 17.2. The second-order valence-corrected chi connectivity index (χ2v) is 4.47. The summed E-state index contributed by atoms with van der Waals surface area (Å²) in [6.07, 6.45) is 0. The van der Waals surface area contributed by atoms with Gasteiger partial charge in [-0.2, -0.15) is 0 Å². The van der Waals surface area contributed by atoms with Crippen LogP contribution in [0.25, 0.3) is 0 Å². The van der Waals surface area contributed by atoms with Crippen LogP contribution in [-0.2, 0) is 9.78 Å². The molecule has 0 unspecified atom stereocenters. The van der Waals surface area contributed by atoms with Crippen molar-refractivity contribution in [1.82, 2.24) is 0 Å². The number of phenolic OH excluding ortho intramolecular Hbond substituents is 6. The van der Waals surface area contributed by atoms with Crippen molar-refractivity contribution in [3.63, 3.8) is 0 Å². The van der Waals surface area contributed by atoms with Gasteiger partial charge in [-0.25, -0.2) is 19.4 Å². The summed E-state index contributed by atoms with van der Waals surface area (Å²) in [5.74, 6) is -7.49. The number of phenols is 6. The van der Waals surface area contributed by atoms with E-state index in [1.165, 1.54) is 0 Å². The van der Waals surface area contributed by atoms with Crippen LogP contribution in [0.1, 0.15) is 20.7 Å². The third-order valence-corrected chi connectivity index (χ3v) is 2.80. The summed E-state index contributed by atoms with van der Waals surface area (Å²) in [6.45, 7) is 0. The maximum atomic E-state index is 11.6. The van der Waals surface area contributed by atoms with Gasteiger partial charge in [-0.1, -0.05) is 0 Å². The largest absolute Gasteiger partial charge is 0.504 e. The fraction of sp³-hybridized carbons (Fsp3) is 0. The molecular formula is C14H10O10. The van der Waals surface area contributed by atoms with Gasteiger partial charge in [0.2, 0.25) is 0 Å². The average molecular weight is 338 g/mol. The van der Waals surface area contributed by atoms with E-state index in [-0.39, 0.29) is 0 Å². The molecule has 0 amide bonds. The number of aromatic hydroxyl groups is 6. The Morgan fingerprint density at radius 1 is 0.583 bits per heavy atom. The first-order chi connectivity index (χ1) is 11.2. The van der Waals surface area contributed by atoms with Crippen LogP contribution < -0.4 is 0 Å². The third-order valence-electron chi connectivity index (χ3n) is 2.80. The smallest absolute Gasteiger partial charge is 0.386 e. The summed E-state index contributed by atoms with van der Waals surface area (Å²) in [5, 5.41) is 55.4. The lowest BCUT2D eigenvalue weighted by Gasteiger charge is -2.07. The average Bonchev–Trinajstić information content (AvgIpc) is 2.53. The Kier molecular flexibility index (Phi) is 4.22. The van der Waals surface area contributed by atoms with Crippen LogP contribution in [0.15, 0.2) is 24.3 Å². The van der Waals surface area contributed by atoms with Gasteiger partial charge in [0.1, 0.15) is 0 Å². The molecule has 2 rings (SSSR count). The van der Waals surface area contributed by atoms with E-state index >= 15 is 0 Å². The summed E-state index contributed by atoms with van der Waals surface area (Å²) in [7, 11) is 0. The fourth-order valence-electron chi connectivity index (χ4n) is 1.62. The highest BCUT2D eigenvalue weighted by molar-refractivity contribution is 5.93. The Morgan fingerprint density at radius 3 is 1.08 bits per heavy atom. The van der Waals surface area contributed by atoms with Crippen LogP contribution in [0.4, 0.5) is 0 Å². The normalized spacial score (nSPS) is 10.2. The molecule has 0 spiro atoms. The number of carbonyl (C=O) groups excluding carboxylic acids is 2. The van der Waals surface area contributed by atoms with Gasteiger partial charge in [0, 0.05) is 0 Å². The molecule has 0 aromatic heterocycles. The molecule has 0 aliphatic rings. The molecule has 2 aromatic carbocycles. The SMILES string of the molecule is O=C(OOC(=O)c1cc(O)c(O)c(O)c1)c1cc(O)c(O)c(O)c1. The van der Waals surface area contributed by atoms with Crippen LogP contribution in [-0.4, -0.2) is 42.6 Å². The Labute approximate surface area is 132 Å². The first-order valence-corrected chi connectivity index (χ1v) is 6.13. The first kappa shape index (κ1) is 16.5. The van der Waals surface area contributed by atoms with E-state index in [2.05, 4.69) is 9.78 Å². The van der Waals surface area contributed by atoms with E-state index in [9.17, 15) is 30.0 Å². The van der Waals surface area contributed by atoms with Crippen molar-refractivity contribution < 1.29 is 50.0 Å². The summed E-state index contributed by atoms with van der Waals surface area (Å²) in [4.78, 5) is 31.7. The van der Waals surface area contributed by atoms with Crippen molar-refractivity contribution in [3.05, 3.63) is 35.4 Å². The maximum Gasteiger partial charge on any atom is 0.386 e. The van der Waals surface area contributed by atoms with Gasteiger partial charge < -0.3 is 30.6 Å². The molecule has 126 valence electrons. The van der Waals surface area contributed by atoms with Crippen LogP contribution in [0.5, 0.6) is 34.5 Å². The van der Waals surface area contributed by atoms with Crippen molar-refractivity contribution in [1.29, 1.82) is 0 Å². The molecule has 0 aliphatic carbocycles. The standard InChI is InChI=1S/C14H10O10/c15-7-1-5(2-8(16)11(7)19)13(21)23-24-14(22)6-3-9(17)12(20)10(18)4-6/h1-4,15-20H. The summed E-state index contributed by atoms with van der Waals surface area (Å²) in [5.41, 5.74) is -0.876. The monoisotopic (exact) mass is 338 g/mol. The first-order valence-electron chi connectivity index (χ1n) is 6.13. The Balaban J connectivity index is 2.10. The van der Waals surface area contributed by atoms with Crippen LogP contribution >= 0.6 is 0 Å². The van der Waals surface area contributed by atoms with E-state index in [0.29, 0.717) is 0 Å². The van der Waals surface area contributed by atoms with Crippen LogP contribution in [0, 0.1) is 0 Å². The van der Waals surface area contributed by atoms with Crippen LogP contribution in [0.2, 0.25) is 0 Å². The Bertz CT molecular complexity index is 711. The second-order valence-electron chi connectivity index (χ2n) is 4.47. The van der Waals surface area contributed by atoms with Crippen molar-refractivity contribution in [2.45, 2.75) is 0 Å². The van der Waals surface area contributed by atoms with Gasteiger partial charge in [0.05, 0.1) is 11.1 Å². The van der Waals surface area contributed by atoms with Crippen molar-refractivity contribution >= 4 is 11.9 Å². The predicted molar refractivity (Wildman–Crippen MR) is 73.7 cm³/mol. The maximum absolute atomic E-state index is 11.6. The molecule has 0 heterocycles. The van der Waals surface area contributed by atoms with Crippen LogP contribution in [0.3, 0.4) is 0 Å². The topological polar surface area (TPSA) is 174 Å². The van der Waals surface area contributed by atoms with E-state index in [1.807, 2.05) is 0 Å². The molecule has 6 N–H and O–H groups in total. The number of carbonyl (C=O) groups is 2. The summed E-state index contributed by atoms with van der Waals surface area (Å²) < 4.78 is 0. The molecule has 0 radical (unpaired) electrons. The van der Waals surface area contributed by atoms with Gasteiger partial charge in [-0.15, -0.1) is 0 Å². The molecule has 10 nitrogen and oxygen atoms in total. The van der Waals surface area contributed by atoms with Crippen molar-refractivity contribution in [3.8, 4) is 34.5 Å².